The van der Waals surface area contributed by atoms with E-state index in [0.29, 0.717) is 6.54 Å². The van der Waals surface area contributed by atoms with E-state index in [1.165, 1.54) is 12.1 Å². The molecule has 1 saturated carbocycles. The maximum Gasteiger partial charge on any atom is 0.433 e. The van der Waals surface area contributed by atoms with Crippen molar-refractivity contribution in [1.82, 2.24) is 9.80 Å². The molecule has 1 amide bonds. The van der Waals surface area contributed by atoms with Gasteiger partial charge in [-0.05, 0) is 33.0 Å². The molecule has 1 aliphatic carbocycles. The molecule has 7 nitrogen and oxygen atoms in total. The van der Waals surface area contributed by atoms with Crippen LogP contribution >= 0.6 is 0 Å². The summed E-state index contributed by atoms with van der Waals surface area (Å²) >= 11 is 0. The van der Waals surface area contributed by atoms with Crippen molar-refractivity contribution in [3.05, 3.63) is 28.0 Å². The summed E-state index contributed by atoms with van der Waals surface area (Å²) in [6.07, 6.45) is 4.22. The monoisotopic (exact) mass is 295 g/mol. The lowest BCUT2D eigenvalue weighted by atomic mass is 10.2. The Morgan fingerprint density at radius 1 is 1.33 bits per heavy atom. The first-order chi connectivity index (χ1) is 9.99. The molecular weight excluding hydrogens is 274 g/mol. The van der Waals surface area contributed by atoms with E-state index in [9.17, 15) is 14.9 Å². The Bertz CT molecular complexity index is 506. The first kappa shape index (κ1) is 15.5. The number of carbonyl (C=O) groups excluding carboxylic acids is 1. The van der Waals surface area contributed by atoms with Crippen LogP contribution in [-0.4, -0.2) is 53.9 Å². The normalized spacial score (nSPS) is 15.6. The molecule has 1 aromatic rings. The maximum absolute atomic E-state index is 12.6. The fourth-order valence-corrected chi connectivity index (χ4v) is 2.66. The summed E-state index contributed by atoms with van der Waals surface area (Å²) in [6, 6.07) is 2.82. The van der Waals surface area contributed by atoms with Crippen LogP contribution in [0.15, 0.2) is 16.5 Å². The highest BCUT2D eigenvalue weighted by Crippen LogP contribution is 2.26. The lowest BCUT2D eigenvalue weighted by Crippen LogP contribution is -2.42. The lowest BCUT2D eigenvalue weighted by Gasteiger charge is -2.29. The summed E-state index contributed by atoms with van der Waals surface area (Å²) < 4.78 is 5.05. The Morgan fingerprint density at radius 2 is 2.00 bits per heavy atom. The predicted octanol–water partition coefficient (Wildman–Crippen LogP) is 2.13. The standard InChI is InChI=1S/C14H21N3O4/c1-15(2)9-10-16(11-5-3-4-6-11)14(18)12-7-8-13(21-12)17(19)20/h7-8,11H,3-6,9-10H2,1-2H3. The number of amides is 1. The van der Waals surface area contributed by atoms with Gasteiger partial charge in [0.05, 0.1) is 6.07 Å². The molecule has 7 heteroatoms. The van der Waals surface area contributed by atoms with Crippen molar-refractivity contribution in [3.8, 4) is 0 Å². The minimum Gasteiger partial charge on any atom is -0.395 e. The second-order valence-electron chi connectivity index (χ2n) is 5.64. The topological polar surface area (TPSA) is 79.8 Å². The van der Waals surface area contributed by atoms with E-state index in [1.807, 2.05) is 19.0 Å². The lowest BCUT2D eigenvalue weighted by molar-refractivity contribution is -0.402. The van der Waals surface area contributed by atoms with Crippen LogP contribution in [-0.2, 0) is 0 Å². The van der Waals surface area contributed by atoms with Gasteiger partial charge < -0.3 is 14.2 Å². The molecule has 2 rings (SSSR count). The van der Waals surface area contributed by atoms with Gasteiger partial charge in [0.25, 0.3) is 5.91 Å². The van der Waals surface area contributed by atoms with Gasteiger partial charge in [0.15, 0.2) is 5.76 Å². The van der Waals surface area contributed by atoms with E-state index in [2.05, 4.69) is 0 Å². The summed E-state index contributed by atoms with van der Waals surface area (Å²) in [5.74, 6) is -0.596. The fraction of sp³-hybridized carbons (Fsp3) is 0.643. The Hall–Kier alpha value is -1.89. The van der Waals surface area contributed by atoms with Crippen molar-refractivity contribution in [1.29, 1.82) is 0 Å². The predicted molar refractivity (Wildman–Crippen MR) is 77.2 cm³/mol. The molecule has 0 spiro atoms. The van der Waals surface area contributed by atoms with E-state index in [4.69, 9.17) is 4.42 Å². The Morgan fingerprint density at radius 3 is 2.52 bits per heavy atom. The highest BCUT2D eigenvalue weighted by molar-refractivity contribution is 5.92. The Kier molecular flexibility index (Phi) is 4.95. The molecule has 0 radical (unpaired) electrons. The number of hydrogen-bond donors (Lipinski definition) is 0. The van der Waals surface area contributed by atoms with Crippen LogP contribution in [0.2, 0.25) is 0 Å². The van der Waals surface area contributed by atoms with Crippen LogP contribution in [0.4, 0.5) is 5.88 Å². The average Bonchev–Trinajstić information content (AvgIpc) is 3.09. The highest BCUT2D eigenvalue weighted by atomic mass is 16.6. The number of carbonyl (C=O) groups is 1. The summed E-state index contributed by atoms with van der Waals surface area (Å²) in [4.78, 5) is 26.4. The first-order valence-electron chi connectivity index (χ1n) is 7.19. The van der Waals surface area contributed by atoms with E-state index in [1.54, 1.807) is 4.90 Å². The third-order valence-electron chi connectivity index (χ3n) is 3.80. The van der Waals surface area contributed by atoms with Crippen LogP contribution in [0.25, 0.3) is 0 Å². The van der Waals surface area contributed by atoms with Gasteiger partial charge >= 0.3 is 5.88 Å². The van der Waals surface area contributed by atoms with Crippen molar-refractivity contribution in [2.24, 2.45) is 0 Å². The SMILES string of the molecule is CN(C)CCN(C(=O)c1ccc([N+](=O)[O-])o1)C1CCCC1. The zero-order valence-corrected chi connectivity index (χ0v) is 12.4. The largest absolute Gasteiger partial charge is 0.433 e. The zero-order valence-electron chi connectivity index (χ0n) is 12.4. The average molecular weight is 295 g/mol. The van der Waals surface area contributed by atoms with E-state index in [0.717, 1.165) is 32.2 Å². The quantitative estimate of drug-likeness (QED) is 0.593. The molecule has 1 fully saturated rings. The van der Waals surface area contributed by atoms with Crippen molar-refractivity contribution in [2.75, 3.05) is 27.2 Å². The third-order valence-corrected chi connectivity index (χ3v) is 3.80. The molecule has 0 aromatic carbocycles. The minimum absolute atomic E-state index is 0.0485. The highest BCUT2D eigenvalue weighted by Gasteiger charge is 2.29. The second-order valence-corrected chi connectivity index (χ2v) is 5.64. The fourth-order valence-electron chi connectivity index (χ4n) is 2.66. The molecule has 0 saturated heterocycles. The molecular formula is C14H21N3O4. The second kappa shape index (κ2) is 6.71. The van der Waals surface area contributed by atoms with Crippen LogP contribution < -0.4 is 0 Å². The van der Waals surface area contributed by atoms with Crippen molar-refractivity contribution in [3.63, 3.8) is 0 Å². The molecule has 1 heterocycles. The molecule has 116 valence electrons. The van der Waals surface area contributed by atoms with Gasteiger partial charge in [0.1, 0.15) is 4.92 Å². The molecule has 0 bridgehead atoms. The minimum atomic E-state index is -0.628. The summed E-state index contributed by atoms with van der Waals surface area (Å²) in [6.45, 7) is 1.36. The molecule has 1 aromatic heterocycles. The van der Waals surface area contributed by atoms with E-state index in [-0.39, 0.29) is 17.7 Å². The number of hydrogen-bond acceptors (Lipinski definition) is 5. The van der Waals surface area contributed by atoms with Crippen molar-refractivity contribution >= 4 is 11.8 Å². The first-order valence-corrected chi connectivity index (χ1v) is 7.19. The molecule has 1 aliphatic rings. The molecule has 21 heavy (non-hydrogen) atoms. The van der Waals surface area contributed by atoms with Crippen LogP contribution in [0.1, 0.15) is 36.2 Å². The van der Waals surface area contributed by atoms with Gasteiger partial charge in [0, 0.05) is 19.1 Å². The molecule has 0 unspecified atom stereocenters. The van der Waals surface area contributed by atoms with E-state index < -0.39 is 10.8 Å². The zero-order chi connectivity index (χ0) is 15.4. The van der Waals surface area contributed by atoms with Gasteiger partial charge in [0.2, 0.25) is 0 Å². The number of rotatable bonds is 6. The van der Waals surface area contributed by atoms with Gasteiger partial charge in [-0.25, -0.2) is 0 Å². The van der Waals surface area contributed by atoms with E-state index >= 15 is 0 Å². The Balaban J connectivity index is 2.13. The number of nitrogens with zero attached hydrogens (tertiary/aromatic N) is 3. The van der Waals surface area contributed by atoms with Crippen LogP contribution in [0.5, 0.6) is 0 Å². The number of nitro groups is 1. The number of furan rings is 1. The Labute approximate surface area is 123 Å². The smallest absolute Gasteiger partial charge is 0.395 e. The summed E-state index contributed by atoms with van der Waals surface area (Å²) in [5.41, 5.74) is 0. The molecule has 0 N–H and O–H groups in total. The van der Waals surface area contributed by atoms with Crippen LogP contribution in [0, 0.1) is 10.1 Å². The number of likely N-dealkylation sites (N-methyl/N-ethyl adjacent to an activating group) is 1. The van der Waals surface area contributed by atoms with Crippen molar-refractivity contribution < 1.29 is 14.1 Å². The van der Waals surface area contributed by atoms with Gasteiger partial charge in [-0.15, -0.1) is 0 Å². The summed E-state index contributed by atoms with van der Waals surface area (Å²) in [5, 5.41) is 10.7. The molecule has 0 aliphatic heterocycles. The third kappa shape index (κ3) is 3.81. The van der Waals surface area contributed by atoms with Crippen LogP contribution in [0.3, 0.4) is 0 Å². The molecule has 0 atom stereocenters. The maximum atomic E-state index is 12.6. The summed E-state index contributed by atoms with van der Waals surface area (Å²) in [7, 11) is 3.91. The van der Waals surface area contributed by atoms with Crippen molar-refractivity contribution in [2.45, 2.75) is 31.7 Å². The van der Waals surface area contributed by atoms with Gasteiger partial charge in [-0.1, -0.05) is 12.8 Å². The van der Waals surface area contributed by atoms with Gasteiger partial charge in [-0.3, -0.25) is 14.9 Å². The van der Waals surface area contributed by atoms with Gasteiger partial charge in [-0.2, -0.15) is 0 Å².